The molecule has 0 spiro atoms. The molecule has 4 heteroatoms. The second-order valence-electron chi connectivity index (χ2n) is 3.31. The molecular weight excluding hydrogens is 222 g/mol. The number of nitrogens with two attached hydrogens (primary N) is 1. The van der Waals surface area contributed by atoms with Crippen molar-refractivity contribution in [1.29, 1.82) is 0 Å². The van der Waals surface area contributed by atoms with E-state index in [1.54, 1.807) is 18.9 Å². The molecule has 16 heavy (non-hydrogen) atoms. The average Bonchev–Trinajstić information content (AvgIpc) is 2.34. The first-order valence-corrected chi connectivity index (χ1v) is 6.34. The quantitative estimate of drug-likeness (QED) is 0.558. The van der Waals surface area contributed by atoms with Crippen LogP contribution in [0.3, 0.4) is 0 Å². The van der Waals surface area contributed by atoms with Crippen molar-refractivity contribution in [1.82, 2.24) is 0 Å². The number of ether oxygens (including phenoxy) is 2. The van der Waals surface area contributed by atoms with Crippen LogP contribution in [0.25, 0.3) is 0 Å². The Bertz CT molecular complexity index is 294. The fourth-order valence-electron chi connectivity index (χ4n) is 1.23. The predicted octanol–water partition coefficient (Wildman–Crippen LogP) is 1.90. The van der Waals surface area contributed by atoms with Gasteiger partial charge in [-0.15, -0.1) is 11.8 Å². The molecule has 0 heterocycles. The summed E-state index contributed by atoms with van der Waals surface area (Å²) in [6, 6.07) is 8.30. The van der Waals surface area contributed by atoms with E-state index in [4.69, 9.17) is 15.2 Å². The summed E-state index contributed by atoms with van der Waals surface area (Å²) in [6.45, 7) is 2.67. The van der Waals surface area contributed by atoms with Crippen molar-refractivity contribution in [3.63, 3.8) is 0 Å². The van der Waals surface area contributed by atoms with Crippen LogP contribution in [0.15, 0.2) is 29.2 Å². The highest BCUT2D eigenvalue weighted by Crippen LogP contribution is 2.18. The fraction of sp³-hybridized carbons (Fsp3) is 0.500. The highest BCUT2D eigenvalue weighted by Gasteiger charge is 1.96. The largest absolute Gasteiger partial charge is 0.382 e. The number of hydrogen-bond acceptors (Lipinski definition) is 4. The molecule has 0 aliphatic rings. The van der Waals surface area contributed by atoms with Gasteiger partial charge in [-0.1, -0.05) is 12.1 Å². The van der Waals surface area contributed by atoms with Gasteiger partial charge in [0.25, 0.3) is 0 Å². The molecule has 1 rings (SSSR count). The smallest absolute Gasteiger partial charge is 0.0700 e. The molecule has 0 saturated carbocycles. The van der Waals surface area contributed by atoms with Crippen molar-refractivity contribution in [2.75, 3.05) is 32.7 Å². The van der Waals surface area contributed by atoms with Gasteiger partial charge >= 0.3 is 0 Å². The third-order valence-corrected chi connectivity index (χ3v) is 3.02. The highest BCUT2D eigenvalue weighted by molar-refractivity contribution is 7.99. The lowest BCUT2D eigenvalue weighted by molar-refractivity contribution is 0.0790. The normalized spacial score (nSPS) is 10.6. The lowest BCUT2D eigenvalue weighted by atomic mass is 10.2. The minimum Gasteiger partial charge on any atom is -0.382 e. The molecule has 0 fully saturated rings. The standard InChI is InChI=1S/C12H19NO2S/c1-14-5-6-15-7-8-16-12-4-2-3-11(9-12)10-13/h2-4,9H,5-8,10,13H2,1H3. The lowest BCUT2D eigenvalue weighted by Gasteiger charge is -2.05. The molecule has 90 valence electrons. The molecule has 3 nitrogen and oxygen atoms in total. The maximum Gasteiger partial charge on any atom is 0.0700 e. The summed E-state index contributed by atoms with van der Waals surface area (Å²) in [6.07, 6.45) is 0. The van der Waals surface area contributed by atoms with Crippen molar-refractivity contribution in [3.05, 3.63) is 29.8 Å². The van der Waals surface area contributed by atoms with Crippen LogP contribution in [-0.2, 0) is 16.0 Å². The van der Waals surface area contributed by atoms with Crippen molar-refractivity contribution in [2.24, 2.45) is 5.73 Å². The van der Waals surface area contributed by atoms with Crippen LogP contribution in [0.2, 0.25) is 0 Å². The second-order valence-corrected chi connectivity index (χ2v) is 4.47. The van der Waals surface area contributed by atoms with Gasteiger partial charge < -0.3 is 15.2 Å². The van der Waals surface area contributed by atoms with Crippen molar-refractivity contribution >= 4 is 11.8 Å². The molecule has 0 saturated heterocycles. The Morgan fingerprint density at radius 1 is 1.25 bits per heavy atom. The predicted molar refractivity (Wildman–Crippen MR) is 67.8 cm³/mol. The van der Waals surface area contributed by atoms with E-state index >= 15 is 0 Å². The number of thioether (sulfide) groups is 1. The highest BCUT2D eigenvalue weighted by atomic mass is 32.2. The molecule has 0 aliphatic carbocycles. The van der Waals surface area contributed by atoms with Gasteiger partial charge in [0, 0.05) is 24.3 Å². The zero-order valence-electron chi connectivity index (χ0n) is 9.65. The molecule has 1 aromatic carbocycles. The van der Waals surface area contributed by atoms with E-state index in [0.717, 1.165) is 12.4 Å². The fourth-order valence-corrected chi connectivity index (χ4v) is 2.07. The summed E-state index contributed by atoms with van der Waals surface area (Å²) in [4.78, 5) is 1.25. The Labute approximate surface area is 101 Å². The van der Waals surface area contributed by atoms with Crippen LogP contribution in [-0.4, -0.2) is 32.7 Å². The van der Waals surface area contributed by atoms with E-state index < -0.39 is 0 Å². The van der Waals surface area contributed by atoms with Crippen LogP contribution in [0.1, 0.15) is 5.56 Å². The molecule has 0 unspecified atom stereocenters. The minimum absolute atomic E-state index is 0.596. The maximum atomic E-state index is 5.58. The SMILES string of the molecule is COCCOCCSc1cccc(CN)c1. The van der Waals surface area contributed by atoms with Crippen LogP contribution in [0, 0.1) is 0 Å². The van der Waals surface area contributed by atoms with E-state index in [1.807, 2.05) is 12.1 Å². The Kier molecular flexibility index (Phi) is 7.25. The van der Waals surface area contributed by atoms with Gasteiger partial charge in [-0.05, 0) is 17.7 Å². The molecule has 0 aliphatic heterocycles. The zero-order chi connectivity index (χ0) is 11.6. The van der Waals surface area contributed by atoms with E-state index in [2.05, 4.69) is 12.1 Å². The zero-order valence-corrected chi connectivity index (χ0v) is 10.5. The Hall–Kier alpha value is -0.550. The molecular formula is C12H19NO2S. The van der Waals surface area contributed by atoms with Crippen molar-refractivity contribution < 1.29 is 9.47 Å². The monoisotopic (exact) mass is 241 g/mol. The second kappa shape index (κ2) is 8.58. The van der Waals surface area contributed by atoms with E-state index in [9.17, 15) is 0 Å². The number of rotatable bonds is 8. The summed E-state index contributed by atoms with van der Waals surface area (Å²) in [5, 5.41) is 0. The van der Waals surface area contributed by atoms with Gasteiger partial charge in [0.1, 0.15) is 0 Å². The third kappa shape index (κ3) is 5.51. The summed E-state index contributed by atoms with van der Waals surface area (Å²) in [5.41, 5.74) is 6.75. The average molecular weight is 241 g/mol. The van der Waals surface area contributed by atoms with Crippen molar-refractivity contribution in [3.8, 4) is 0 Å². The summed E-state index contributed by atoms with van der Waals surface area (Å²) >= 11 is 1.79. The minimum atomic E-state index is 0.596. The van der Waals surface area contributed by atoms with Gasteiger partial charge in [0.15, 0.2) is 0 Å². The van der Waals surface area contributed by atoms with Crippen LogP contribution in [0.4, 0.5) is 0 Å². The van der Waals surface area contributed by atoms with E-state index in [1.165, 1.54) is 10.5 Å². The van der Waals surface area contributed by atoms with Gasteiger partial charge in [-0.25, -0.2) is 0 Å². The van der Waals surface area contributed by atoms with Crippen LogP contribution >= 0.6 is 11.8 Å². The van der Waals surface area contributed by atoms with E-state index in [0.29, 0.717) is 19.8 Å². The number of methoxy groups -OCH3 is 1. The van der Waals surface area contributed by atoms with Gasteiger partial charge in [0.05, 0.1) is 19.8 Å². The number of hydrogen-bond donors (Lipinski definition) is 1. The summed E-state index contributed by atoms with van der Waals surface area (Å²) in [5.74, 6) is 0.956. The van der Waals surface area contributed by atoms with Gasteiger partial charge in [0.2, 0.25) is 0 Å². The lowest BCUT2D eigenvalue weighted by Crippen LogP contribution is -2.04. The first kappa shape index (κ1) is 13.5. The van der Waals surface area contributed by atoms with Gasteiger partial charge in [-0.2, -0.15) is 0 Å². The maximum absolute atomic E-state index is 5.58. The topological polar surface area (TPSA) is 44.5 Å². The Morgan fingerprint density at radius 3 is 2.88 bits per heavy atom. The van der Waals surface area contributed by atoms with Crippen molar-refractivity contribution in [2.45, 2.75) is 11.4 Å². The number of benzene rings is 1. The molecule has 0 radical (unpaired) electrons. The molecule has 0 aromatic heterocycles. The first-order valence-electron chi connectivity index (χ1n) is 5.35. The summed E-state index contributed by atoms with van der Waals surface area (Å²) < 4.78 is 10.3. The molecule has 2 N–H and O–H groups in total. The summed E-state index contributed by atoms with van der Waals surface area (Å²) in [7, 11) is 1.68. The first-order chi connectivity index (χ1) is 7.86. The Balaban J connectivity index is 2.16. The molecule has 1 aromatic rings. The van der Waals surface area contributed by atoms with E-state index in [-0.39, 0.29) is 0 Å². The molecule has 0 amide bonds. The Morgan fingerprint density at radius 2 is 2.12 bits per heavy atom. The molecule has 0 atom stereocenters. The van der Waals surface area contributed by atoms with Crippen LogP contribution < -0.4 is 5.73 Å². The van der Waals surface area contributed by atoms with Gasteiger partial charge in [-0.3, -0.25) is 0 Å². The van der Waals surface area contributed by atoms with Crippen LogP contribution in [0.5, 0.6) is 0 Å². The third-order valence-electron chi connectivity index (χ3n) is 2.06. The molecule has 0 bridgehead atoms.